The first-order chi connectivity index (χ1) is 17.8. The zero-order valence-corrected chi connectivity index (χ0v) is 21.3. The summed E-state index contributed by atoms with van der Waals surface area (Å²) in [5.41, 5.74) is 1.14. The number of aliphatic hydroxyl groups is 1. The molecule has 1 aromatic heterocycles. The molecule has 2 N–H and O–H groups in total. The number of Topliss-reactive ketones (excluding diaryl/α,β-unsaturated/α-hetero) is 1. The second-order valence-corrected chi connectivity index (χ2v) is 11.0. The molecule has 5 rings (SSSR count). The molecular formula is C26H18ClN3O5S2. The maximum atomic E-state index is 13.3. The number of benzene rings is 3. The Balaban J connectivity index is 1.58. The Morgan fingerprint density at radius 2 is 1.65 bits per heavy atom. The van der Waals surface area contributed by atoms with Crippen LogP contribution in [0.25, 0.3) is 5.76 Å². The lowest BCUT2D eigenvalue weighted by atomic mass is 9.95. The van der Waals surface area contributed by atoms with E-state index < -0.39 is 27.8 Å². The summed E-state index contributed by atoms with van der Waals surface area (Å²) in [7, 11) is -3.91. The van der Waals surface area contributed by atoms with Crippen LogP contribution in [0.1, 0.15) is 17.2 Å². The zero-order chi connectivity index (χ0) is 26.2. The van der Waals surface area contributed by atoms with E-state index in [0.29, 0.717) is 21.8 Å². The average molecular weight is 552 g/mol. The fourth-order valence-corrected chi connectivity index (χ4v) is 5.96. The van der Waals surface area contributed by atoms with Crippen LogP contribution in [-0.4, -0.2) is 30.2 Å². The van der Waals surface area contributed by atoms with Gasteiger partial charge in [0.15, 0.2) is 5.13 Å². The van der Waals surface area contributed by atoms with Crippen LogP contribution in [0.3, 0.4) is 0 Å². The number of carbonyl (C=O) groups excluding carboxylic acids is 2. The van der Waals surface area contributed by atoms with Gasteiger partial charge in [-0.2, -0.15) is 0 Å². The molecule has 0 unspecified atom stereocenters. The molecule has 0 radical (unpaired) electrons. The number of amides is 1. The molecule has 1 amide bonds. The van der Waals surface area contributed by atoms with Crippen LogP contribution in [0.15, 0.2) is 101 Å². The highest BCUT2D eigenvalue weighted by molar-refractivity contribution is 7.93. The summed E-state index contributed by atoms with van der Waals surface area (Å²) in [6.07, 6.45) is 1.48. The second-order valence-electron chi connectivity index (χ2n) is 8.02. The molecular weight excluding hydrogens is 534 g/mol. The van der Waals surface area contributed by atoms with Crippen molar-refractivity contribution in [3.8, 4) is 0 Å². The fraction of sp³-hybridized carbons (Fsp3) is 0.0385. The van der Waals surface area contributed by atoms with E-state index >= 15 is 0 Å². The molecule has 11 heteroatoms. The predicted octanol–water partition coefficient (Wildman–Crippen LogP) is 5.22. The van der Waals surface area contributed by atoms with Crippen molar-refractivity contribution in [2.24, 2.45) is 0 Å². The molecule has 1 aliphatic heterocycles. The number of carbonyl (C=O) groups is 2. The number of halogens is 1. The summed E-state index contributed by atoms with van der Waals surface area (Å²) in [5.74, 6) is -2.04. The molecule has 1 saturated heterocycles. The summed E-state index contributed by atoms with van der Waals surface area (Å²) in [6, 6.07) is 19.7. The molecule has 4 aromatic rings. The highest BCUT2D eigenvalue weighted by atomic mass is 35.5. The SMILES string of the molecule is O=C1C(=O)N(c2ccc(S(=O)(=O)Nc3nccs3)cc2)[C@@H](c2ccccc2)C1=C(O)c1ccc(Cl)cc1. The van der Waals surface area contributed by atoms with Gasteiger partial charge >= 0.3 is 0 Å². The van der Waals surface area contributed by atoms with E-state index in [1.807, 2.05) is 0 Å². The predicted molar refractivity (Wildman–Crippen MR) is 142 cm³/mol. The number of sulfonamides is 1. The number of aliphatic hydroxyl groups excluding tert-OH is 1. The largest absolute Gasteiger partial charge is 0.507 e. The van der Waals surface area contributed by atoms with Gasteiger partial charge in [0.2, 0.25) is 0 Å². The van der Waals surface area contributed by atoms with Gasteiger partial charge in [-0.05, 0) is 54.1 Å². The smallest absolute Gasteiger partial charge is 0.300 e. The van der Waals surface area contributed by atoms with Crippen LogP contribution in [0.2, 0.25) is 5.02 Å². The Bertz CT molecular complexity index is 1600. The van der Waals surface area contributed by atoms with E-state index in [0.717, 1.165) is 11.3 Å². The van der Waals surface area contributed by atoms with E-state index in [9.17, 15) is 23.1 Å². The quantitative estimate of drug-likeness (QED) is 0.193. The third-order valence-electron chi connectivity index (χ3n) is 5.76. The third kappa shape index (κ3) is 4.74. The van der Waals surface area contributed by atoms with Crippen LogP contribution in [0, 0.1) is 0 Å². The lowest BCUT2D eigenvalue weighted by Gasteiger charge is -2.25. The number of nitrogens with one attached hydrogen (secondary N) is 1. The summed E-state index contributed by atoms with van der Waals surface area (Å²) in [5, 5.41) is 13.4. The standard InChI is InChI=1S/C26H18ClN3O5S2/c27-18-8-6-17(7-9-18)23(31)21-22(16-4-2-1-3-5-16)30(25(33)24(21)32)19-10-12-20(13-11-19)37(34,35)29-26-28-14-15-36-26/h1-15,22,31H,(H,28,29)/t22-/m0/s1. The molecule has 1 fully saturated rings. The van der Waals surface area contributed by atoms with Crippen LogP contribution in [-0.2, 0) is 19.6 Å². The molecule has 1 aliphatic rings. The van der Waals surface area contributed by atoms with Gasteiger partial charge in [-0.25, -0.2) is 13.4 Å². The maximum absolute atomic E-state index is 13.3. The van der Waals surface area contributed by atoms with Gasteiger partial charge < -0.3 is 5.11 Å². The van der Waals surface area contributed by atoms with Gasteiger partial charge in [-0.1, -0.05) is 41.9 Å². The van der Waals surface area contributed by atoms with Gasteiger partial charge in [-0.15, -0.1) is 11.3 Å². The number of ketones is 1. The van der Waals surface area contributed by atoms with Crippen molar-refractivity contribution in [3.63, 3.8) is 0 Å². The number of aromatic nitrogens is 1. The Kier molecular flexibility index (Phi) is 6.55. The van der Waals surface area contributed by atoms with Crippen molar-refractivity contribution in [2.45, 2.75) is 10.9 Å². The highest BCUT2D eigenvalue weighted by Crippen LogP contribution is 2.42. The minimum absolute atomic E-state index is 0.0412. The third-order valence-corrected chi connectivity index (χ3v) is 8.18. The number of rotatable bonds is 6. The van der Waals surface area contributed by atoms with Crippen molar-refractivity contribution < 1.29 is 23.1 Å². The topological polar surface area (TPSA) is 117 Å². The van der Waals surface area contributed by atoms with Crippen LogP contribution in [0.5, 0.6) is 0 Å². The number of thiazole rings is 1. The Morgan fingerprint density at radius 3 is 2.27 bits per heavy atom. The van der Waals surface area contributed by atoms with Crippen molar-refractivity contribution in [1.29, 1.82) is 0 Å². The molecule has 186 valence electrons. The number of anilines is 2. The lowest BCUT2D eigenvalue weighted by Crippen LogP contribution is -2.29. The lowest BCUT2D eigenvalue weighted by molar-refractivity contribution is -0.132. The van der Waals surface area contributed by atoms with Crippen molar-refractivity contribution in [1.82, 2.24) is 4.98 Å². The van der Waals surface area contributed by atoms with Gasteiger partial charge in [0.1, 0.15) is 5.76 Å². The fourth-order valence-electron chi connectivity index (χ4n) is 4.05. The molecule has 0 bridgehead atoms. The normalized spacial score (nSPS) is 17.2. The van der Waals surface area contributed by atoms with Crippen molar-refractivity contribution in [2.75, 3.05) is 9.62 Å². The minimum Gasteiger partial charge on any atom is -0.507 e. The summed E-state index contributed by atoms with van der Waals surface area (Å²) >= 11 is 7.10. The molecule has 2 heterocycles. The molecule has 8 nitrogen and oxygen atoms in total. The van der Waals surface area contributed by atoms with Gasteiger partial charge in [0.25, 0.3) is 21.7 Å². The van der Waals surface area contributed by atoms with Crippen molar-refractivity contribution >= 4 is 61.2 Å². The van der Waals surface area contributed by atoms with Crippen LogP contribution in [0.4, 0.5) is 10.8 Å². The van der Waals surface area contributed by atoms with Crippen LogP contribution >= 0.6 is 22.9 Å². The first-order valence-corrected chi connectivity index (χ1v) is 13.6. The van der Waals surface area contributed by atoms with E-state index in [-0.39, 0.29) is 21.4 Å². The van der Waals surface area contributed by atoms with E-state index in [1.54, 1.807) is 60.0 Å². The average Bonchev–Trinajstić information content (AvgIpc) is 3.50. The van der Waals surface area contributed by atoms with E-state index in [1.165, 1.54) is 35.4 Å². The Hall–Kier alpha value is -3.99. The number of hydrogen-bond acceptors (Lipinski definition) is 7. The monoisotopic (exact) mass is 551 g/mol. The molecule has 0 saturated carbocycles. The first-order valence-electron chi connectivity index (χ1n) is 10.9. The maximum Gasteiger partial charge on any atom is 0.300 e. The van der Waals surface area contributed by atoms with Gasteiger partial charge in [0.05, 0.1) is 16.5 Å². The Morgan fingerprint density at radius 1 is 0.973 bits per heavy atom. The Labute approximate surface area is 221 Å². The summed E-state index contributed by atoms with van der Waals surface area (Å²) in [6.45, 7) is 0. The molecule has 3 aromatic carbocycles. The summed E-state index contributed by atoms with van der Waals surface area (Å²) < 4.78 is 27.8. The van der Waals surface area contributed by atoms with E-state index in [4.69, 9.17) is 11.6 Å². The first kappa shape index (κ1) is 24.7. The summed E-state index contributed by atoms with van der Waals surface area (Å²) in [4.78, 5) is 31.6. The molecule has 0 aliphatic carbocycles. The van der Waals surface area contributed by atoms with E-state index in [2.05, 4.69) is 9.71 Å². The van der Waals surface area contributed by atoms with Gasteiger partial charge in [-0.3, -0.25) is 19.2 Å². The molecule has 0 spiro atoms. The molecule has 37 heavy (non-hydrogen) atoms. The van der Waals surface area contributed by atoms with Gasteiger partial charge in [0, 0.05) is 27.9 Å². The highest BCUT2D eigenvalue weighted by Gasteiger charge is 2.47. The minimum atomic E-state index is -3.91. The second kappa shape index (κ2) is 9.81. The number of nitrogens with zero attached hydrogens (tertiary/aromatic N) is 2. The van der Waals surface area contributed by atoms with Crippen molar-refractivity contribution in [3.05, 3.63) is 112 Å². The van der Waals surface area contributed by atoms with Crippen LogP contribution < -0.4 is 9.62 Å². The zero-order valence-electron chi connectivity index (χ0n) is 18.9. The molecule has 1 atom stereocenters. The number of hydrogen-bond donors (Lipinski definition) is 2.